The Kier molecular flexibility index (Phi) is 5.83. The van der Waals surface area contributed by atoms with Crippen molar-refractivity contribution < 1.29 is 4.79 Å². The topological polar surface area (TPSA) is 49.3 Å². The molecule has 29 heavy (non-hydrogen) atoms. The molecule has 1 amide bonds. The number of nitrogens with zero attached hydrogens (tertiary/aromatic N) is 4. The number of carbonyl (C=O) groups excluding carboxylic acids is 1. The second-order valence-corrected chi connectivity index (χ2v) is 10.3. The Morgan fingerprint density at radius 3 is 2.55 bits per heavy atom. The van der Waals surface area contributed by atoms with Gasteiger partial charge in [0.05, 0.1) is 5.39 Å². The maximum Gasteiger partial charge on any atom is 0.225 e. The lowest BCUT2D eigenvalue weighted by atomic mass is 9.89. The highest BCUT2D eigenvalue weighted by Crippen LogP contribution is 2.41. The Morgan fingerprint density at radius 1 is 1.17 bits per heavy atom. The van der Waals surface area contributed by atoms with Crippen LogP contribution in [-0.2, 0) is 17.6 Å². The molecule has 1 fully saturated rings. The summed E-state index contributed by atoms with van der Waals surface area (Å²) in [5, 5.41) is 1.30. The fourth-order valence-corrected chi connectivity index (χ4v) is 5.86. The first-order valence-electron chi connectivity index (χ1n) is 11.2. The molecule has 0 radical (unpaired) electrons. The first-order chi connectivity index (χ1) is 13.9. The molecule has 1 aliphatic heterocycles. The number of fused-ring (bicyclic) bond motifs is 3. The molecule has 0 spiro atoms. The summed E-state index contributed by atoms with van der Waals surface area (Å²) in [6.45, 7) is 14.0. The Hall–Kier alpha value is -1.69. The van der Waals surface area contributed by atoms with Gasteiger partial charge in [-0.05, 0) is 37.2 Å². The number of piperazine rings is 1. The van der Waals surface area contributed by atoms with Crippen molar-refractivity contribution in [2.24, 2.45) is 11.8 Å². The molecule has 2 aromatic rings. The summed E-state index contributed by atoms with van der Waals surface area (Å²) in [5.74, 6) is 3.54. The Bertz CT molecular complexity index is 898. The molecule has 1 saturated heterocycles. The minimum absolute atomic E-state index is 0.0650. The summed E-state index contributed by atoms with van der Waals surface area (Å²) in [4.78, 5) is 29.6. The summed E-state index contributed by atoms with van der Waals surface area (Å²) in [6, 6.07) is 0. The lowest BCUT2D eigenvalue weighted by Gasteiger charge is -2.36. The molecule has 0 unspecified atom stereocenters. The van der Waals surface area contributed by atoms with Crippen LogP contribution in [-0.4, -0.2) is 47.0 Å². The van der Waals surface area contributed by atoms with Crippen molar-refractivity contribution in [3.05, 3.63) is 16.3 Å². The molecule has 5 nitrogen and oxygen atoms in total. The van der Waals surface area contributed by atoms with Gasteiger partial charge in [0.2, 0.25) is 5.91 Å². The third-order valence-corrected chi connectivity index (χ3v) is 7.74. The summed E-state index contributed by atoms with van der Waals surface area (Å²) in [5.41, 5.74) is 1.49. The third kappa shape index (κ3) is 3.88. The van der Waals surface area contributed by atoms with E-state index in [-0.39, 0.29) is 11.8 Å². The average molecular weight is 415 g/mol. The van der Waals surface area contributed by atoms with Gasteiger partial charge in [0.1, 0.15) is 16.5 Å². The standard InChI is InChI=1S/C23H34N4OS/c1-6-16(5)20-24-21(26-9-11-27(12-10-26)23(28)14(2)3)19-17-8-7-15(4)13-18(17)29-22(19)25-20/h14-16H,6-13H2,1-5H3/t15-,16+/m1/s1. The number of hydrogen-bond acceptors (Lipinski definition) is 5. The van der Waals surface area contributed by atoms with Crippen LogP contribution in [0.3, 0.4) is 0 Å². The van der Waals surface area contributed by atoms with Crippen LogP contribution in [0, 0.1) is 11.8 Å². The first-order valence-corrected chi connectivity index (χ1v) is 12.1. The summed E-state index contributed by atoms with van der Waals surface area (Å²) in [7, 11) is 0. The van der Waals surface area contributed by atoms with Crippen LogP contribution in [0.4, 0.5) is 5.82 Å². The van der Waals surface area contributed by atoms with Gasteiger partial charge in [-0.2, -0.15) is 0 Å². The van der Waals surface area contributed by atoms with Crippen molar-refractivity contribution in [3.8, 4) is 0 Å². The van der Waals surface area contributed by atoms with E-state index < -0.39 is 0 Å². The van der Waals surface area contributed by atoms with Crippen molar-refractivity contribution in [2.75, 3.05) is 31.1 Å². The molecular weight excluding hydrogens is 380 g/mol. The summed E-state index contributed by atoms with van der Waals surface area (Å²) in [6.07, 6.45) is 4.61. The monoisotopic (exact) mass is 414 g/mol. The number of rotatable bonds is 4. The average Bonchev–Trinajstić information content (AvgIpc) is 3.09. The van der Waals surface area contributed by atoms with E-state index in [0.29, 0.717) is 5.92 Å². The smallest absolute Gasteiger partial charge is 0.225 e. The predicted octanol–water partition coefficient (Wildman–Crippen LogP) is 4.63. The zero-order chi connectivity index (χ0) is 20.7. The lowest BCUT2D eigenvalue weighted by molar-refractivity contribution is -0.134. The molecular formula is C23H34N4OS. The zero-order valence-corrected chi connectivity index (χ0v) is 19.3. The molecule has 1 aliphatic carbocycles. The molecule has 2 atom stereocenters. The summed E-state index contributed by atoms with van der Waals surface area (Å²) >= 11 is 1.89. The lowest BCUT2D eigenvalue weighted by Crippen LogP contribution is -2.50. The second kappa shape index (κ2) is 8.21. The van der Waals surface area contributed by atoms with E-state index in [1.165, 1.54) is 33.5 Å². The molecule has 0 bridgehead atoms. The van der Waals surface area contributed by atoms with E-state index in [1.54, 1.807) is 0 Å². The van der Waals surface area contributed by atoms with Gasteiger partial charge in [0.15, 0.2) is 0 Å². The predicted molar refractivity (Wildman–Crippen MR) is 121 cm³/mol. The highest BCUT2D eigenvalue weighted by molar-refractivity contribution is 7.19. The van der Waals surface area contributed by atoms with Gasteiger partial charge >= 0.3 is 0 Å². The first kappa shape index (κ1) is 20.6. The number of aryl methyl sites for hydroxylation is 1. The molecule has 2 aromatic heterocycles. The van der Waals surface area contributed by atoms with E-state index in [1.807, 2.05) is 30.1 Å². The van der Waals surface area contributed by atoms with E-state index in [0.717, 1.165) is 56.6 Å². The number of thiophene rings is 1. The molecule has 0 N–H and O–H groups in total. The fraction of sp³-hybridized carbons (Fsp3) is 0.696. The van der Waals surface area contributed by atoms with Crippen molar-refractivity contribution >= 4 is 33.3 Å². The minimum Gasteiger partial charge on any atom is -0.352 e. The van der Waals surface area contributed by atoms with Gasteiger partial charge in [-0.25, -0.2) is 9.97 Å². The maximum absolute atomic E-state index is 12.4. The quantitative estimate of drug-likeness (QED) is 0.732. The summed E-state index contributed by atoms with van der Waals surface area (Å²) < 4.78 is 0. The molecule has 158 valence electrons. The zero-order valence-electron chi connectivity index (χ0n) is 18.5. The van der Waals surface area contributed by atoms with E-state index in [2.05, 4.69) is 25.7 Å². The minimum atomic E-state index is 0.0650. The van der Waals surface area contributed by atoms with Crippen molar-refractivity contribution in [3.63, 3.8) is 0 Å². The molecule has 0 saturated carbocycles. The van der Waals surface area contributed by atoms with Gasteiger partial charge < -0.3 is 9.80 Å². The third-order valence-electron chi connectivity index (χ3n) is 6.59. The molecule has 2 aliphatic rings. The van der Waals surface area contributed by atoms with Gasteiger partial charge in [0.25, 0.3) is 0 Å². The molecule has 3 heterocycles. The molecule has 4 rings (SSSR count). The number of anilines is 1. The van der Waals surface area contributed by atoms with Gasteiger partial charge in [-0.1, -0.05) is 34.6 Å². The van der Waals surface area contributed by atoms with Crippen molar-refractivity contribution in [2.45, 2.75) is 66.2 Å². The number of carbonyl (C=O) groups is 1. The number of aromatic nitrogens is 2. The fourth-order valence-electron chi connectivity index (χ4n) is 4.47. The second-order valence-electron chi connectivity index (χ2n) is 9.21. The highest BCUT2D eigenvalue weighted by Gasteiger charge is 2.29. The highest BCUT2D eigenvalue weighted by atomic mass is 32.1. The van der Waals surface area contributed by atoms with Gasteiger partial charge in [-0.3, -0.25) is 4.79 Å². The maximum atomic E-state index is 12.4. The van der Waals surface area contributed by atoms with E-state index in [9.17, 15) is 4.79 Å². The number of hydrogen-bond donors (Lipinski definition) is 0. The van der Waals surface area contributed by atoms with Crippen LogP contribution in [0.2, 0.25) is 0 Å². The molecule has 0 aromatic carbocycles. The largest absolute Gasteiger partial charge is 0.352 e. The van der Waals surface area contributed by atoms with E-state index in [4.69, 9.17) is 9.97 Å². The Morgan fingerprint density at radius 2 is 1.90 bits per heavy atom. The van der Waals surface area contributed by atoms with Crippen LogP contribution in [0.5, 0.6) is 0 Å². The van der Waals surface area contributed by atoms with Gasteiger partial charge in [0, 0.05) is 42.9 Å². The van der Waals surface area contributed by atoms with Crippen molar-refractivity contribution in [1.29, 1.82) is 0 Å². The van der Waals surface area contributed by atoms with Gasteiger partial charge in [-0.15, -0.1) is 11.3 Å². The van der Waals surface area contributed by atoms with E-state index >= 15 is 0 Å². The Balaban J connectivity index is 1.71. The molecule has 6 heteroatoms. The van der Waals surface area contributed by atoms with Crippen LogP contribution in [0.25, 0.3) is 10.2 Å². The van der Waals surface area contributed by atoms with Crippen LogP contribution in [0.1, 0.15) is 69.6 Å². The Labute approximate surface area is 178 Å². The normalized spacial score (nSPS) is 21.0. The van der Waals surface area contributed by atoms with Crippen LogP contribution >= 0.6 is 11.3 Å². The van der Waals surface area contributed by atoms with Crippen LogP contribution < -0.4 is 4.90 Å². The van der Waals surface area contributed by atoms with Crippen LogP contribution in [0.15, 0.2) is 0 Å². The SMILES string of the molecule is CC[C@H](C)c1nc(N2CCN(C(=O)C(C)C)CC2)c2c3c(sc2n1)C[C@H](C)CC3. The number of amides is 1. The van der Waals surface area contributed by atoms with Crippen molar-refractivity contribution in [1.82, 2.24) is 14.9 Å².